The van der Waals surface area contributed by atoms with E-state index in [1.165, 1.54) is 69.9 Å². The van der Waals surface area contributed by atoms with Crippen molar-refractivity contribution in [2.45, 2.75) is 25.7 Å². The highest BCUT2D eigenvalue weighted by Gasteiger charge is 2.14. The molecule has 2 aliphatic heterocycles. The Morgan fingerprint density at radius 2 is 1.87 bits per heavy atom. The predicted molar refractivity (Wildman–Crippen MR) is 68.6 cm³/mol. The molecule has 3 heteroatoms. The summed E-state index contributed by atoms with van der Waals surface area (Å²) in [5.74, 6) is 3.73. The quantitative estimate of drug-likeness (QED) is 0.790. The van der Waals surface area contributed by atoms with Crippen molar-refractivity contribution in [1.29, 1.82) is 0 Å². The Bertz CT molecular complexity index is 145. The highest BCUT2D eigenvalue weighted by molar-refractivity contribution is 7.99. The first-order valence-corrected chi connectivity index (χ1v) is 7.61. The van der Waals surface area contributed by atoms with Gasteiger partial charge in [-0.05, 0) is 51.2 Å². The van der Waals surface area contributed by atoms with Crippen LogP contribution in [0.25, 0.3) is 0 Å². The van der Waals surface area contributed by atoms with E-state index in [2.05, 4.69) is 22.0 Å². The second-order valence-corrected chi connectivity index (χ2v) is 6.01. The summed E-state index contributed by atoms with van der Waals surface area (Å²) in [5, 5.41) is 3.44. The van der Waals surface area contributed by atoms with E-state index in [0.717, 1.165) is 5.92 Å². The number of hydrogen-bond acceptors (Lipinski definition) is 3. The maximum absolute atomic E-state index is 3.44. The molecule has 2 rings (SSSR count). The summed E-state index contributed by atoms with van der Waals surface area (Å²) in [6.07, 6.45) is 5.71. The zero-order valence-electron chi connectivity index (χ0n) is 9.71. The molecule has 15 heavy (non-hydrogen) atoms. The van der Waals surface area contributed by atoms with Gasteiger partial charge in [0.1, 0.15) is 0 Å². The lowest BCUT2D eigenvalue weighted by Crippen LogP contribution is -2.34. The molecule has 88 valence electrons. The highest BCUT2D eigenvalue weighted by atomic mass is 32.2. The fourth-order valence-corrected chi connectivity index (χ4v) is 3.58. The van der Waals surface area contributed by atoms with E-state index in [1.807, 2.05) is 0 Å². The zero-order valence-corrected chi connectivity index (χ0v) is 10.5. The Balaban J connectivity index is 1.53. The first-order chi connectivity index (χ1) is 7.45. The molecule has 1 N–H and O–H groups in total. The second kappa shape index (κ2) is 6.77. The number of nitrogens with zero attached hydrogens (tertiary/aromatic N) is 1. The molecule has 2 saturated heterocycles. The van der Waals surface area contributed by atoms with Gasteiger partial charge in [0.15, 0.2) is 0 Å². The largest absolute Gasteiger partial charge is 0.317 e. The van der Waals surface area contributed by atoms with E-state index in [-0.39, 0.29) is 0 Å². The van der Waals surface area contributed by atoms with Crippen molar-refractivity contribution in [2.75, 3.05) is 44.2 Å². The minimum absolute atomic E-state index is 1.02. The third-order valence-corrected chi connectivity index (χ3v) is 4.59. The van der Waals surface area contributed by atoms with E-state index in [0.29, 0.717) is 0 Å². The standard InChI is InChI=1S/C12H24N2S/c1(2-12-3-5-13-6-4-12)7-14-8-10-15-11-9-14/h12-13H,1-11H2. The van der Waals surface area contributed by atoms with Crippen molar-refractivity contribution in [3.05, 3.63) is 0 Å². The van der Waals surface area contributed by atoms with E-state index in [9.17, 15) is 0 Å². The molecular weight excluding hydrogens is 204 g/mol. The average molecular weight is 228 g/mol. The lowest BCUT2D eigenvalue weighted by Gasteiger charge is -2.27. The molecule has 0 bridgehead atoms. The molecule has 0 spiro atoms. The lowest BCUT2D eigenvalue weighted by molar-refractivity contribution is 0.271. The van der Waals surface area contributed by atoms with E-state index in [1.54, 1.807) is 0 Å². The van der Waals surface area contributed by atoms with Gasteiger partial charge in [0.05, 0.1) is 0 Å². The molecule has 0 aromatic heterocycles. The SMILES string of the molecule is C(CC1CCNCC1)CN1CCSCC1. The molecule has 2 fully saturated rings. The van der Waals surface area contributed by atoms with Crippen LogP contribution in [-0.2, 0) is 0 Å². The van der Waals surface area contributed by atoms with Gasteiger partial charge in [-0.15, -0.1) is 0 Å². The Labute approximate surface area is 98.2 Å². The van der Waals surface area contributed by atoms with Gasteiger partial charge in [0.2, 0.25) is 0 Å². The third-order valence-electron chi connectivity index (χ3n) is 3.65. The zero-order chi connectivity index (χ0) is 10.3. The van der Waals surface area contributed by atoms with Gasteiger partial charge in [0.25, 0.3) is 0 Å². The molecule has 2 aliphatic rings. The number of hydrogen-bond donors (Lipinski definition) is 1. The van der Waals surface area contributed by atoms with Gasteiger partial charge in [0, 0.05) is 24.6 Å². The first kappa shape index (κ1) is 11.7. The monoisotopic (exact) mass is 228 g/mol. The van der Waals surface area contributed by atoms with Crippen molar-refractivity contribution in [3.63, 3.8) is 0 Å². The first-order valence-electron chi connectivity index (χ1n) is 6.46. The van der Waals surface area contributed by atoms with Crippen molar-refractivity contribution in [3.8, 4) is 0 Å². The molecule has 0 radical (unpaired) electrons. The Hall–Kier alpha value is 0.270. The maximum Gasteiger partial charge on any atom is 0.00727 e. The van der Waals surface area contributed by atoms with Gasteiger partial charge in [-0.3, -0.25) is 0 Å². The van der Waals surface area contributed by atoms with Gasteiger partial charge >= 0.3 is 0 Å². The van der Waals surface area contributed by atoms with Crippen LogP contribution in [0.1, 0.15) is 25.7 Å². The van der Waals surface area contributed by atoms with Crippen molar-refractivity contribution in [2.24, 2.45) is 5.92 Å². The van der Waals surface area contributed by atoms with Crippen LogP contribution in [0.5, 0.6) is 0 Å². The smallest absolute Gasteiger partial charge is 0.00727 e. The molecule has 2 heterocycles. The molecule has 0 atom stereocenters. The predicted octanol–water partition coefficient (Wildman–Crippen LogP) is 1.81. The van der Waals surface area contributed by atoms with Crippen LogP contribution < -0.4 is 5.32 Å². The Morgan fingerprint density at radius 1 is 1.13 bits per heavy atom. The van der Waals surface area contributed by atoms with Crippen LogP contribution in [0.3, 0.4) is 0 Å². The van der Waals surface area contributed by atoms with Crippen molar-refractivity contribution in [1.82, 2.24) is 10.2 Å². The summed E-state index contributed by atoms with van der Waals surface area (Å²) >= 11 is 2.11. The van der Waals surface area contributed by atoms with Crippen LogP contribution in [-0.4, -0.2) is 49.1 Å². The lowest BCUT2D eigenvalue weighted by atomic mass is 9.93. The van der Waals surface area contributed by atoms with Crippen LogP contribution in [0.2, 0.25) is 0 Å². The summed E-state index contributed by atoms with van der Waals surface area (Å²) in [6, 6.07) is 0. The minimum Gasteiger partial charge on any atom is -0.317 e. The van der Waals surface area contributed by atoms with Gasteiger partial charge < -0.3 is 10.2 Å². The van der Waals surface area contributed by atoms with Crippen LogP contribution in [0, 0.1) is 5.92 Å². The van der Waals surface area contributed by atoms with Crippen molar-refractivity contribution >= 4 is 11.8 Å². The molecule has 2 nitrogen and oxygen atoms in total. The summed E-state index contributed by atoms with van der Waals surface area (Å²) < 4.78 is 0. The molecule has 0 aliphatic carbocycles. The van der Waals surface area contributed by atoms with Crippen LogP contribution in [0.15, 0.2) is 0 Å². The molecule has 0 amide bonds. The molecule has 0 saturated carbocycles. The fraction of sp³-hybridized carbons (Fsp3) is 1.00. The Morgan fingerprint density at radius 3 is 2.60 bits per heavy atom. The number of rotatable bonds is 4. The van der Waals surface area contributed by atoms with E-state index in [4.69, 9.17) is 0 Å². The molecule has 0 unspecified atom stereocenters. The molecule has 0 aromatic carbocycles. The van der Waals surface area contributed by atoms with Gasteiger partial charge in [-0.1, -0.05) is 0 Å². The average Bonchev–Trinajstić information content (AvgIpc) is 2.32. The Kier molecular flexibility index (Phi) is 5.30. The third kappa shape index (κ3) is 4.33. The molecular formula is C12H24N2S. The number of piperidine rings is 1. The van der Waals surface area contributed by atoms with E-state index >= 15 is 0 Å². The van der Waals surface area contributed by atoms with Gasteiger partial charge in [-0.25, -0.2) is 0 Å². The van der Waals surface area contributed by atoms with Crippen molar-refractivity contribution < 1.29 is 0 Å². The van der Waals surface area contributed by atoms with E-state index < -0.39 is 0 Å². The fourth-order valence-electron chi connectivity index (χ4n) is 2.60. The van der Waals surface area contributed by atoms with Crippen LogP contribution in [0.4, 0.5) is 0 Å². The summed E-state index contributed by atoms with van der Waals surface area (Å²) in [6.45, 7) is 6.52. The van der Waals surface area contributed by atoms with Gasteiger partial charge in [-0.2, -0.15) is 11.8 Å². The normalized spacial score (nSPS) is 25.6. The second-order valence-electron chi connectivity index (χ2n) is 4.79. The minimum atomic E-state index is 1.02. The summed E-state index contributed by atoms with van der Waals surface area (Å²) in [4.78, 5) is 2.65. The van der Waals surface area contributed by atoms with Crippen LogP contribution >= 0.6 is 11.8 Å². The maximum atomic E-state index is 3.44. The topological polar surface area (TPSA) is 15.3 Å². The molecule has 0 aromatic rings. The summed E-state index contributed by atoms with van der Waals surface area (Å²) in [5.41, 5.74) is 0. The number of thioether (sulfide) groups is 1. The summed E-state index contributed by atoms with van der Waals surface area (Å²) in [7, 11) is 0. The number of nitrogens with one attached hydrogen (secondary N) is 1. The highest BCUT2D eigenvalue weighted by Crippen LogP contribution is 2.18.